The normalized spacial score (nSPS) is 17.9. The fraction of sp³-hybridized carbons (Fsp3) is 0.632. The molecule has 7 heteroatoms. The Kier molecular flexibility index (Phi) is 11.8. The average Bonchev–Trinajstić information content (AvgIpc) is 2.66. The predicted octanol–water partition coefficient (Wildman–Crippen LogP) is 1.51. The molecule has 0 aliphatic carbocycles. The lowest BCUT2D eigenvalue weighted by Crippen LogP contribution is -2.44. The molecule has 6 nitrogen and oxygen atoms in total. The van der Waals surface area contributed by atoms with E-state index in [0.29, 0.717) is 12.5 Å². The molecule has 1 fully saturated rings. The molecule has 2 atom stereocenters. The molecule has 0 saturated carbocycles. The van der Waals surface area contributed by atoms with Crippen LogP contribution in [0.1, 0.15) is 18.4 Å². The molecular formula is C19H33IN4O2. The van der Waals surface area contributed by atoms with Crippen molar-refractivity contribution in [2.24, 2.45) is 10.9 Å². The molecule has 1 heterocycles. The van der Waals surface area contributed by atoms with Gasteiger partial charge in [-0.05, 0) is 11.5 Å². The molecule has 0 aromatic heterocycles. The van der Waals surface area contributed by atoms with Gasteiger partial charge in [-0.15, -0.1) is 24.0 Å². The smallest absolute Gasteiger partial charge is 0.191 e. The van der Waals surface area contributed by atoms with E-state index in [1.165, 1.54) is 0 Å². The lowest BCUT2D eigenvalue weighted by atomic mass is 10.0. The molecule has 1 aromatic carbocycles. The van der Waals surface area contributed by atoms with E-state index in [1.807, 2.05) is 30.3 Å². The van der Waals surface area contributed by atoms with Crippen LogP contribution in [-0.4, -0.2) is 75.6 Å². The summed E-state index contributed by atoms with van der Waals surface area (Å²) in [5.74, 6) is 1.37. The van der Waals surface area contributed by atoms with Crippen LogP contribution in [0.25, 0.3) is 0 Å². The number of nitrogens with one attached hydrogen (secondary N) is 2. The Labute approximate surface area is 174 Å². The molecule has 0 spiro atoms. The second-order valence-corrected chi connectivity index (χ2v) is 6.64. The van der Waals surface area contributed by atoms with Crippen molar-refractivity contribution in [3.8, 4) is 0 Å². The van der Waals surface area contributed by atoms with Crippen LogP contribution in [-0.2, 0) is 4.74 Å². The van der Waals surface area contributed by atoms with Crippen LogP contribution in [0.15, 0.2) is 35.3 Å². The van der Waals surface area contributed by atoms with E-state index in [4.69, 9.17) is 4.74 Å². The Bertz CT molecular complexity index is 510. The summed E-state index contributed by atoms with van der Waals surface area (Å²) in [6.07, 6.45) is 0. The second-order valence-electron chi connectivity index (χ2n) is 6.64. The number of ether oxygens (including phenoxy) is 1. The first-order valence-corrected chi connectivity index (χ1v) is 9.13. The van der Waals surface area contributed by atoms with Crippen molar-refractivity contribution in [3.05, 3.63) is 35.9 Å². The van der Waals surface area contributed by atoms with Crippen molar-refractivity contribution >= 4 is 29.9 Å². The van der Waals surface area contributed by atoms with Crippen molar-refractivity contribution in [2.75, 3.05) is 59.6 Å². The van der Waals surface area contributed by atoms with E-state index in [-0.39, 0.29) is 36.5 Å². The van der Waals surface area contributed by atoms with Crippen LogP contribution in [0.4, 0.5) is 0 Å². The molecule has 0 radical (unpaired) electrons. The summed E-state index contributed by atoms with van der Waals surface area (Å²) in [5, 5.41) is 16.4. The molecule has 1 aliphatic rings. The Morgan fingerprint density at radius 3 is 2.46 bits per heavy atom. The van der Waals surface area contributed by atoms with Gasteiger partial charge in [0.05, 0.1) is 19.8 Å². The largest absolute Gasteiger partial charge is 0.396 e. The second kappa shape index (κ2) is 13.3. The summed E-state index contributed by atoms with van der Waals surface area (Å²) < 4.78 is 5.39. The van der Waals surface area contributed by atoms with Gasteiger partial charge in [0.1, 0.15) is 0 Å². The number of aliphatic hydroxyl groups excluding tert-OH is 1. The summed E-state index contributed by atoms with van der Waals surface area (Å²) in [6, 6.07) is 10.1. The van der Waals surface area contributed by atoms with Crippen molar-refractivity contribution in [1.82, 2.24) is 15.5 Å². The minimum absolute atomic E-state index is 0. The topological polar surface area (TPSA) is 69.1 Å². The van der Waals surface area contributed by atoms with Gasteiger partial charge < -0.3 is 20.5 Å². The molecule has 2 rings (SSSR count). The van der Waals surface area contributed by atoms with Gasteiger partial charge in [0, 0.05) is 45.7 Å². The molecule has 2 unspecified atom stereocenters. The van der Waals surface area contributed by atoms with E-state index in [0.717, 1.165) is 50.9 Å². The highest BCUT2D eigenvalue weighted by molar-refractivity contribution is 14.0. The Morgan fingerprint density at radius 1 is 1.19 bits per heavy atom. The minimum Gasteiger partial charge on any atom is -0.396 e. The number of nitrogens with zero attached hydrogens (tertiary/aromatic N) is 2. The molecule has 0 bridgehead atoms. The van der Waals surface area contributed by atoms with Crippen molar-refractivity contribution in [3.63, 3.8) is 0 Å². The molecule has 1 aliphatic heterocycles. The minimum atomic E-state index is 0. The molecule has 3 N–H and O–H groups in total. The maximum Gasteiger partial charge on any atom is 0.191 e. The monoisotopic (exact) mass is 476 g/mol. The number of hydrogen-bond acceptors (Lipinski definition) is 4. The quantitative estimate of drug-likeness (QED) is 0.302. The van der Waals surface area contributed by atoms with Crippen LogP contribution in [0.5, 0.6) is 0 Å². The molecule has 26 heavy (non-hydrogen) atoms. The zero-order valence-corrected chi connectivity index (χ0v) is 18.2. The Balaban J connectivity index is 0.00000338. The van der Waals surface area contributed by atoms with Crippen molar-refractivity contribution < 1.29 is 9.84 Å². The number of morpholine rings is 1. The summed E-state index contributed by atoms with van der Waals surface area (Å²) in [4.78, 5) is 6.73. The summed E-state index contributed by atoms with van der Waals surface area (Å²) >= 11 is 0. The van der Waals surface area contributed by atoms with Gasteiger partial charge in [0.2, 0.25) is 0 Å². The SMILES string of the molecule is CN=C(NCC(C)CN1CCOCC1)NCC(CO)c1ccccc1.I. The van der Waals surface area contributed by atoms with Crippen LogP contribution in [0.3, 0.4) is 0 Å². The third-order valence-electron chi connectivity index (χ3n) is 4.52. The molecule has 1 aromatic rings. The van der Waals surface area contributed by atoms with Gasteiger partial charge in [0.15, 0.2) is 5.96 Å². The van der Waals surface area contributed by atoms with Gasteiger partial charge in [-0.1, -0.05) is 37.3 Å². The van der Waals surface area contributed by atoms with Crippen LogP contribution >= 0.6 is 24.0 Å². The van der Waals surface area contributed by atoms with E-state index in [1.54, 1.807) is 7.05 Å². The molecule has 0 amide bonds. The zero-order valence-electron chi connectivity index (χ0n) is 15.9. The lowest BCUT2D eigenvalue weighted by molar-refractivity contribution is 0.0320. The van der Waals surface area contributed by atoms with Crippen molar-refractivity contribution in [1.29, 1.82) is 0 Å². The number of guanidine groups is 1. The van der Waals surface area contributed by atoms with Gasteiger partial charge in [-0.3, -0.25) is 9.89 Å². The van der Waals surface area contributed by atoms with Crippen LogP contribution in [0, 0.1) is 5.92 Å². The predicted molar refractivity (Wildman–Crippen MR) is 117 cm³/mol. The first-order chi connectivity index (χ1) is 12.2. The number of rotatable bonds is 8. The Hall–Kier alpha value is -0.900. The fourth-order valence-corrected chi connectivity index (χ4v) is 3.01. The summed E-state index contributed by atoms with van der Waals surface area (Å²) in [7, 11) is 1.78. The third kappa shape index (κ3) is 8.20. The third-order valence-corrected chi connectivity index (χ3v) is 4.52. The summed E-state index contributed by atoms with van der Waals surface area (Å²) in [5.41, 5.74) is 1.13. The number of hydrogen-bond donors (Lipinski definition) is 3. The number of benzene rings is 1. The first kappa shape index (κ1) is 23.1. The highest BCUT2D eigenvalue weighted by Gasteiger charge is 2.15. The maximum atomic E-state index is 9.65. The standard InChI is InChI=1S/C19H32N4O2.HI/c1-16(14-23-8-10-25-11-9-23)12-21-19(20-2)22-13-18(15-24)17-6-4-3-5-7-17;/h3-7,16,18,24H,8-15H2,1-2H3,(H2,20,21,22);1H. The Morgan fingerprint density at radius 2 is 1.85 bits per heavy atom. The van der Waals surface area contributed by atoms with Crippen molar-refractivity contribution in [2.45, 2.75) is 12.8 Å². The summed E-state index contributed by atoms with van der Waals surface area (Å²) in [6.45, 7) is 8.66. The van der Waals surface area contributed by atoms with Crippen LogP contribution < -0.4 is 10.6 Å². The van der Waals surface area contributed by atoms with E-state index in [2.05, 4.69) is 27.4 Å². The van der Waals surface area contributed by atoms with Gasteiger partial charge in [0.25, 0.3) is 0 Å². The highest BCUT2D eigenvalue weighted by atomic mass is 127. The van der Waals surface area contributed by atoms with E-state index in [9.17, 15) is 5.11 Å². The van der Waals surface area contributed by atoms with Crippen LogP contribution in [0.2, 0.25) is 0 Å². The molecule has 1 saturated heterocycles. The number of aliphatic imine (C=N–C) groups is 1. The fourth-order valence-electron chi connectivity index (χ4n) is 3.01. The average molecular weight is 476 g/mol. The number of halogens is 1. The van der Waals surface area contributed by atoms with Gasteiger partial charge in [-0.2, -0.15) is 0 Å². The van der Waals surface area contributed by atoms with E-state index < -0.39 is 0 Å². The van der Waals surface area contributed by atoms with Gasteiger partial charge >= 0.3 is 0 Å². The number of aliphatic hydroxyl groups is 1. The maximum absolute atomic E-state index is 9.65. The van der Waals surface area contributed by atoms with Gasteiger partial charge in [-0.25, -0.2) is 0 Å². The lowest BCUT2D eigenvalue weighted by Gasteiger charge is -2.29. The van der Waals surface area contributed by atoms with E-state index >= 15 is 0 Å². The molecule has 148 valence electrons. The highest BCUT2D eigenvalue weighted by Crippen LogP contribution is 2.13. The first-order valence-electron chi connectivity index (χ1n) is 9.13. The molecular weight excluding hydrogens is 443 g/mol. The zero-order chi connectivity index (χ0) is 17.9.